The Morgan fingerprint density at radius 3 is 2.57 bits per heavy atom. The molecule has 2 aromatic rings. The molecule has 152 valence electrons. The van der Waals surface area contributed by atoms with Crippen molar-refractivity contribution < 1.29 is 27.8 Å². The molecule has 0 aliphatic heterocycles. The molecule has 0 radical (unpaired) electrons. The van der Waals surface area contributed by atoms with Crippen molar-refractivity contribution in [3.05, 3.63) is 59.7 Å². The van der Waals surface area contributed by atoms with Gasteiger partial charge in [-0.15, -0.1) is 0 Å². The highest BCUT2D eigenvalue weighted by Gasteiger charge is 2.30. The Bertz CT molecular complexity index is 794. The number of amides is 2. The van der Waals surface area contributed by atoms with Crippen molar-refractivity contribution in [1.82, 2.24) is 4.90 Å². The van der Waals surface area contributed by atoms with Gasteiger partial charge in [-0.3, -0.25) is 0 Å². The maximum absolute atomic E-state index is 12.9. The molecular weight excluding hydrogens is 373 g/mol. The summed E-state index contributed by atoms with van der Waals surface area (Å²) >= 11 is 0. The minimum absolute atomic E-state index is 0.00521. The van der Waals surface area contributed by atoms with Crippen LogP contribution in [0.4, 0.5) is 23.7 Å². The van der Waals surface area contributed by atoms with Crippen LogP contribution in [-0.2, 0) is 12.7 Å². The van der Waals surface area contributed by atoms with E-state index in [2.05, 4.69) is 5.32 Å². The van der Waals surface area contributed by atoms with Crippen molar-refractivity contribution in [1.29, 1.82) is 0 Å². The van der Waals surface area contributed by atoms with Crippen molar-refractivity contribution in [3.63, 3.8) is 0 Å². The molecule has 8 heteroatoms. The lowest BCUT2D eigenvalue weighted by Crippen LogP contribution is -2.39. The van der Waals surface area contributed by atoms with E-state index in [1.165, 1.54) is 24.0 Å². The fourth-order valence-electron chi connectivity index (χ4n) is 2.65. The molecule has 2 rings (SSSR count). The molecule has 2 N–H and O–H groups in total. The average molecular weight is 396 g/mol. The maximum atomic E-state index is 12.9. The number of anilines is 1. The van der Waals surface area contributed by atoms with Crippen LogP contribution in [0.15, 0.2) is 48.5 Å². The Labute approximate surface area is 161 Å². The van der Waals surface area contributed by atoms with Gasteiger partial charge in [0.1, 0.15) is 5.75 Å². The van der Waals surface area contributed by atoms with Gasteiger partial charge in [-0.05, 0) is 38.1 Å². The third kappa shape index (κ3) is 6.16. The van der Waals surface area contributed by atoms with Gasteiger partial charge in [0.2, 0.25) is 0 Å². The number of hydrogen-bond donors (Lipinski definition) is 2. The lowest BCUT2D eigenvalue weighted by molar-refractivity contribution is -0.137. The molecule has 0 saturated heterocycles. The lowest BCUT2D eigenvalue weighted by Gasteiger charge is -2.25. The summed E-state index contributed by atoms with van der Waals surface area (Å²) in [7, 11) is 0. The van der Waals surface area contributed by atoms with E-state index in [9.17, 15) is 23.1 Å². The molecule has 0 fully saturated rings. The number of urea groups is 1. The predicted octanol–water partition coefficient (Wildman–Crippen LogP) is 4.52. The first kappa shape index (κ1) is 21.6. The van der Waals surface area contributed by atoms with Crippen molar-refractivity contribution in [2.24, 2.45) is 0 Å². The van der Waals surface area contributed by atoms with Gasteiger partial charge in [-0.2, -0.15) is 13.2 Å². The number of carbonyl (C=O) groups is 1. The minimum Gasteiger partial charge on any atom is -0.494 e. The van der Waals surface area contributed by atoms with Crippen LogP contribution in [0.3, 0.4) is 0 Å². The summed E-state index contributed by atoms with van der Waals surface area (Å²) in [4.78, 5) is 14.0. The third-order valence-electron chi connectivity index (χ3n) is 3.85. The Morgan fingerprint density at radius 1 is 1.21 bits per heavy atom. The summed E-state index contributed by atoms with van der Waals surface area (Å²) in [6.45, 7) is 3.95. The molecule has 1 atom stereocenters. The standard InChI is InChI=1S/C20H23F3N2O3/c1-3-28-18-10-5-4-7-15(18)13-25(12-14(2)26)19(27)24-17-9-6-8-16(11-17)20(21,22)23/h4-11,14,26H,3,12-13H2,1-2H3,(H,24,27). The number of ether oxygens (including phenoxy) is 1. The summed E-state index contributed by atoms with van der Waals surface area (Å²) in [5.74, 6) is 0.604. The minimum atomic E-state index is -4.50. The van der Waals surface area contributed by atoms with E-state index < -0.39 is 23.9 Å². The molecule has 0 heterocycles. The summed E-state index contributed by atoms with van der Waals surface area (Å²) < 4.78 is 44.2. The molecule has 2 amide bonds. The first-order valence-corrected chi connectivity index (χ1v) is 8.82. The fourth-order valence-corrected chi connectivity index (χ4v) is 2.65. The van der Waals surface area contributed by atoms with Gasteiger partial charge in [0.05, 0.1) is 24.8 Å². The van der Waals surface area contributed by atoms with Crippen molar-refractivity contribution in [2.45, 2.75) is 32.7 Å². The second-order valence-corrected chi connectivity index (χ2v) is 6.28. The number of hydrogen-bond acceptors (Lipinski definition) is 3. The average Bonchev–Trinajstić information content (AvgIpc) is 2.62. The van der Waals surface area contributed by atoms with E-state index in [4.69, 9.17) is 4.74 Å². The van der Waals surface area contributed by atoms with E-state index in [-0.39, 0.29) is 18.8 Å². The number of benzene rings is 2. The second-order valence-electron chi connectivity index (χ2n) is 6.28. The zero-order chi connectivity index (χ0) is 20.7. The van der Waals surface area contributed by atoms with E-state index >= 15 is 0 Å². The molecule has 5 nitrogen and oxygen atoms in total. The van der Waals surface area contributed by atoms with E-state index in [0.29, 0.717) is 12.4 Å². The highest BCUT2D eigenvalue weighted by atomic mass is 19.4. The van der Waals surface area contributed by atoms with Crippen LogP contribution in [0.1, 0.15) is 25.0 Å². The maximum Gasteiger partial charge on any atom is 0.416 e. The van der Waals surface area contributed by atoms with Crippen LogP contribution < -0.4 is 10.1 Å². The van der Waals surface area contributed by atoms with Crippen LogP contribution in [-0.4, -0.2) is 35.3 Å². The molecule has 28 heavy (non-hydrogen) atoms. The van der Waals surface area contributed by atoms with Gasteiger partial charge in [0.25, 0.3) is 0 Å². The topological polar surface area (TPSA) is 61.8 Å². The van der Waals surface area contributed by atoms with Gasteiger partial charge in [0.15, 0.2) is 0 Å². The molecule has 0 spiro atoms. The van der Waals surface area contributed by atoms with Gasteiger partial charge in [0, 0.05) is 17.8 Å². The summed E-state index contributed by atoms with van der Waals surface area (Å²) in [5.41, 5.74) is -0.105. The van der Waals surface area contributed by atoms with Crippen molar-refractivity contribution >= 4 is 11.7 Å². The number of aliphatic hydroxyl groups excluding tert-OH is 1. The molecule has 0 aliphatic carbocycles. The largest absolute Gasteiger partial charge is 0.494 e. The number of rotatable bonds is 7. The number of carbonyl (C=O) groups excluding carboxylic acids is 1. The van der Waals surface area contributed by atoms with Crippen molar-refractivity contribution in [2.75, 3.05) is 18.5 Å². The highest BCUT2D eigenvalue weighted by molar-refractivity contribution is 5.89. The smallest absolute Gasteiger partial charge is 0.416 e. The SMILES string of the molecule is CCOc1ccccc1CN(CC(C)O)C(=O)Nc1cccc(C(F)(F)F)c1. The Balaban J connectivity index is 2.20. The third-order valence-corrected chi connectivity index (χ3v) is 3.85. The van der Waals surface area contributed by atoms with Crippen LogP contribution in [0, 0.1) is 0 Å². The van der Waals surface area contributed by atoms with Crippen LogP contribution in [0.2, 0.25) is 0 Å². The Hall–Kier alpha value is -2.74. The summed E-state index contributed by atoms with van der Waals surface area (Å²) in [5, 5.41) is 12.2. The van der Waals surface area contributed by atoms with Gasteiger partial charge in [-0.25, -0.2) is 4.79 Å². The van der Waals surface area contributed by atoms with E-state index in [0.717, 1.165) is 17.7 Å². The van der Waals surface area contributed by atoms with Gasteiger partial charge in [-0.1, -0.05) is 24.3 Å². The normalized spacial score (nSPS) is 12.4. The Kier molecular flexibility index (Phi) is 7.28. The number of aliphatic hydroxyl groups is 1. The van der Waals surface area contributed by atoms with Crippen LogP contribution in [0.5, 0.6) is 5.75 Å². The summed E-state index contributed by atoms with van der Waals surface area (Å²) in [6.07, 6.45) is -5.32. The lowest BCUT2D eigenvalue weighted by atomic mass is 10.1. The number of nitrogens with one attached hydrogen (secondary N) is 1. The van der Waals surface area contributed by atoms with E-state index in [1.807, 2.05) is 6.92 Å². The quantitative estimate of drug-likeness (QED) is 0.723. The zero-order valence-corrected chi connectivity index (χ0v) is 15.7. The summed E-state index contributed by atoms with van der Waals surface area (Å²) in [6, 6.07) is 10.9. The number of alkyl halides is 3. The molecule has 0 saturated carbocycles. The predicted molar refractivity (Wildman–Crippen MR) is 100 cm³/mol. The molecule has 1 unspecified atom stereocenters. The number of nitrogens with zero attached hydrogens (tertiary/aromatic N) is 1. The first-order chi connectivity index (χ1) is 13.2. The van der Waals surface area contributed by atoms with E-state index in [1.54, 1.807) is 24.3 Å². The molecule has 0 bridgehead atoms. The molecule has 0 aliphatic rings. The molecular formula is C20H23F3N2O3. The van der Waals surface area contributed by atoms with Crippen LogP contribution in [0.25, 0.3) is 0 Å². The molecule has 2 aromatic carbocycles. The molecule has 0 aromatic heterocycles. The zero-order valence-electron chi connectivity index (χ0n) is 15.7. The van der Waals surface area contributed by atoms with Crippen molar-refractivity contribution in [3.8, 4) is 5.75 Å². The highest BCUT2D eigenvalue weighted by Crippen LogP contribution is 2.30. The number of para-hydroxylation sites is 1. The monoisotopic (exact) mass is 396 g/mol. The van der Waals surface area contributed by atoms with Gasteiger partial charge >= 0.3 is 12.2 Å². The first-order valence-electron chi connectivity index (χ1n) is 8.82. The fraction of sp³-hybridized carbons (Fsp3) is 0.350. The van der Waals surface area contributed by atoms with Gasteiger partial charge < -0.3 is 20.1 Å². The number of halogens is 3. The second kappa shape index (κ2) is 9.45. The Morgan fingerprint density at radius 2 is 1.93 bits per heavy atom. The van der Waals surface area contributed by atoms with Crippen LogP contribution >= 0.6 is 0 Å².